The van der Waals surface area contributed by atoms with Crippen molar-refractivity contribution in [2.24, 2.45) is 0 Å². The highest BCUT2D eigenvalue weighted by Gasteiger charge is 2.55. The van der Waals surface area contributed by atoms with Crippen LogP contribution in [0.1, 0.15) is 6.92 Å². The highest BCUT2D eigenvalue weighted by Crippen LogP contribution is 2.40. The molecule has 1 N–H and O–H groups in total. The largest absolute Gasteiger partial charge is 0.495 e. The minimum absolute atomic E-state index is 0.0179. The fourth-order valence-corrected chi connectivity index (χ4v) is 3.74. The lowest BCUT2D eigenvalue weighted by Gasteiger charge is -2.26. The zero-order chi connectivity index (χ0) is 21.4. The van der Waals surface area contributed by atoms with E-state index in [9.17, 15) is 14.4 Å². The van der Waals surface area contributed by atoms with Gasteiger partial charge >= 0.3 is 5.97 Å². The molecule has 2 heterocycles. The topological polar surface area (TPSA) is 88.2 Å². The number of fused-ring (bicyclic) bond motifs is 1. The summed E-state index contributed by atoms with van der Waals surface area (Å²) in [7, 11) is 1.45. The van der Waals surface area contributed by atoms with Gasteiger partial charge in [0.15, 0.2) is 11.7 Å². The average molecular weight is 428 g/mol. The number of benzene rings is 2. The molecule has 9 heteroatoms. The number of esters is 1. The Morgan fingerprint density at radius 1 is 1.17 bits per heavy atom. The summed E-state index contributed by atoms with van der Waals surface area (Å²) in [6.07, 6.45) is 0. The van der Waals surface area contributed by atoms with Gasteiger partial charge in [0, 0.05) is 5.02 Å². The summed E-state index contributed by atoms with van der Waals surface area (Å²) in [5.41, 5.74) is 3.63. The number of hydrazine groups is 1. The number of para-hydroxylation sites is 2. The smallest absolute Gasteiger partial charge is 0.356 e. The van der Waals surface area contributed by atoms with Crippen LogP contribution < -0.4 is 20.1 Å². The third kappa shape index (κ3) is 3.05. The molecule has 0 spiro atoms. The van der Waals surface area contributed by atoms with Crippen LogP contribution in [-0.4, -0.2) is 37.5 Å². The van der Waals surface area contributed by atoms with Crippen molar-refractivity contribution in [3.8, 4) is 5.75 Å². The number of rotatable bonds is 5. The molecule has 1 unspecified atom stereocenters. The molecule has 2 amide bonds. The number of amides is 2. The normalized spacial score (nSPS) is 17.9. The first-order chi connectivity index (χ1) is 14.5. The molecule has 0 radical (unpaired) electrons. The van der Waals surface area contributed by atoms with Crippen molar-refractivity contribution < 1.29 is 23.9 Å². The summed E-state index contributed by atoms with van der Waals surface area (Å²) in [6, 6.07) is 12.4. The molecule has 4 rings (SSSR count). The standard InChI is InChI=1S/C21H18ClN3O5/c1-3-30-21(28)17-16-18(25(23-17)13-8-6-7-12(22)11-13)20(27)24(19(16)26)14-9-4-5-10-15(14)29-2/h4-11,18,23H,3H2,1-2H3. The highest BCUT2D eigenvalue weighted by molar-refractivity contribution is 6.34. The van der Waals surface area contributed by atoms with Gasteiger partial charge in [-0.3, -0.25) is 20.0 Å². The number of carbonyl (C=O) groups excluding carboxylic acids is 3. The highest BCUT2D eigenvalue weighted by atomic mass is 35.5. The van der Waals surface area contributed by atoms with Gasteiger partial charge in [-0.05, 0) is 37.3 Å². The van der Waals surface area contributed by atoms with E-state index in [0.717, 1.165) is 4.90 Å². The first-order valence-corrected chi connectivity index (χ1v) is 9.59. The summed E-state index contributed by atoms with van der Waals surface area (Å²) < 4.78 is 10.4. The molecule has 2 aromatic rings. The predicted octanol–water partition coefficient (Wildman–Crippen LogP) is 2.43. The second kappa shape index (κ2) is 7.72. The van der Waals surface area contributed by atoms with E-state index in [-0.39, 0.29) is 17.9 Å². The summed E-state index contributed by atoms with van der Waals surface area (Å²) in [6.45, 7) is 1.78. The van der Waals surface area contributed by atoms with Crippen molar-refractivity contribution in [3.63, 3.8) is 0 Å². The van der Waals surface area contributed by atoms with Crippen LogP contribution in [-0.2, 0) is 19.1 Å². The third-order valence-electron chi connectivity index (χ3n) is 4.81. The van der Waals surface area contributed by atoms with Crippen molar-refractivity contribution in [1.29, 1.82) is 0 Å². The Kier molecular flexibility index (Phi) is 5.09. The van der Waals surface area contributed by atoms with Gasteiger partial charge in [-0.25, -0.2) is 9.69 Å². The predicted molar refractivity (Wildman–Crippen MR) is 110 cm³/mol. The Morgan fingerprint density at radius 2 is 1.93 bits per heavy atom. The molecule has 0 bridgehead atoms. The molecule has 154 valence electrons. The van der Waals surface area contributed by atoms with E-state index in [1.165, 1.54) is 12.1 Å². The number of ether oxygens (including phenoxy) is 2. The van der Waals surface area contributed by atoms with Crippen LogP contribution in [0.25, 0.3) is 0 Å². The number of hydrogen-bond donors (Lipinski definition) is 1. The van der Waals surface area contributed by atoms with Gasteiger partial charge in [-0.2, -0.15) is 0 Å². The zero-order valence-electron chi connectivity index (χ0n) is 16.2. The lowest BCUT2D eigenvalue weighted by molar-refractivity contribution is -0.139. The molecule has 0 saturated carbocycles. The molecule has 1 saturated heterocycles. The van der Waals surface area contributed by atoms with Crippen LogP contribution in [0.5, 0.6) is 5.75 Å². The molecule has 8 nitrogen and oxygen atoms in total. The van der Waals surface area contributed by atoms with Crippen LogP contribution in [0.2, 0.25) is 5.02 Å². The number of methoxy groups -OCH3 is 1. The van der Waals surface area contributed by atoms with Gasteiger partial charge in [-0.1, -0.05) is 29.8 Å². The fourth-order valence-electron chi connectivity index (χ4n) is 3.55. The Bertz CT molecular complexity index is 1080. The zero-order valence-corrected chi connectivity index (χ0v) is 17.0. The first kappa shape index (κ1) is 19.8. The molecule has 0 aromatic heterocycles. The molecule has 2 aliphatic heterocycles. The minimum atomic E-state index is -1.06. The first-order valence-electron chi connectivity index (χ1n) is 9.22. The lowest BCUT2D eigenvalue weighted by Crippen LogP contribution is -2.46. The number of halogens is 1. The number of nitrogens with zero attached hydrogens (tertiary/aromatic N) is 2. The third-order valence-corrected chi connectivity index (χ3v) is 5.05. The van der Waals surface area contributed by atoms with E-state index in [1.54, 1.807) is 55.5 Å². The van der Waals surface area contributed by atoms with Crippen molar-refractivity contribution in [1.82, 2.24) is 5.43 Å². The molecule has 0 aliphatic carbocycles. The quantitative estimate of drug-likeness (QED) is 0.579. The maximum absolute atomic E-state index is 13.4. The van der Waals surface area contributed by atoms with Crippen LogP contribution in [0.4, 0.5) is 11.4 Å². The number of anilines is 2. The van der Waals surface area contributed by atoms with Crippen LogP contribution in [0.3, 0.4) is 0 Å². The summed E-state index contributed by atoms with van der Waals surface area (Å²) in [4.78, 5) is 40.3. The number of carbonyl (C=O) groups is 3. The van der Waals surface area contributed by atoms with Gasteiger partial charge in [0.05, 0.1) is 30.7 Å². The lowest BCUT2D eigenvalue weighted by atomic mass is 10.1. The van der Waals surface area contributed by atoms with E-state index in [2.05, 4.69) is 5.43 Å². The molecular formula is C21H18ClN3O5. The number of hydrogen-bond acceptors (Lipinski definition) is 7. The molecule has 1 atom stereocenters. The van der Waals surface area contributed by atoms with Gasteiger partial charge in [-0.15, -0.1) is 0 Å². The fraction of sp³-hybridized carbons (Fsp3) is 0.190. The van der Waals surface area contributed by atoms with Crippen molar-refractivity contribution in [3.05, 3.63) is 64.8 Å². The Labute approximate surface area is 177 Å². The van der Waals surface area contributed by atoms with Crippen LogP contribution in [0.15, 0.2) is 59.8 Å². The van der Waals surface area contributed by atoms with E-state index in [0.29, 0.717) is 22.1 Å². The van der Waals surface area contributed by atoms with Gasteiger partial charge < -0.3 is 9.47 Å². The molecule has 1 fully saturated rings. The molecular weight excluding hydrogens is 410 g/mol. The minimum Gasteiger partial charge on any atom is -0.495 e. The van der Waals surface area contributed by atoms with Crippen LogP contribution in [0, 0.1) is 0 Å². The second-order valence-corrected chi connectivity index (χ2v) is 6.96. The van der Waals surface area contributed by atoms with E-state index in [1.807, 2.05) is 0 Å². The maximum atomic E-state index is 13.4. The number of nitrogens with one attached hydrogen (secondary N) is 1. The van der Waals surface area contributed by atoms with Crippen LogP contribution >= 0.6 is 11.6 Å². The molecule has 30 heavy (non-hydrogen) atoms. The van der Waals surface area contributed by atoms with Crippen molar-refractivity contribution in [2.45, 2.75) is 13.0 Å². The van der Waals surface area contributed by atoms with Gasteiger partial charge in [0.1, 0.15) is 5.75 Å². The summed E-state index contributed by atoms with van der Waals surface area (Å²) >= 11 is 6.11. The SMILES string of the molecule is CCOC(=O)C1=C2C(=O)N(c3ccccc3OC)C(=O)C2N(c2cccc(Cl)c2)N1. The Balaban J connectivity index is 1.84. The Hall–Kier alpha value is -3.52. The van der Waals surface area contributed by atoms with E-state index >= 15 is 0 Å². The molecule has 2 aromatic carbocycles. The van der Waals surface area contributed by atoms with Gasteiger partial charge in [0.2, 0.25) is 0 Å². The maximum Gasteiger partial charge on any atom is 0.356 e. The van der Waals surface area contributed by atoms with E-state index in [4.69, 9.17) is 21.1 Å². The van der Waals surface area contributed by atoms with E-state index < -0.39 is 23.8 Å². The molecule has 2 aliphatic rings. The summed E-state index contributed by atoms with van der Waals surface area (Å²) in [5.74, 6) is -1.49. The average Bonchev–Trinajstić information content (AvgIpc) is 3.25. The monoisotopic (exact) mass is 427 g/mol. The number of imide groups is 1. The van der Waals surface area contributed by atoms with Crippen molar-refractivity contribution >= 4 is 40.8 Å². The van der Waals surface area contributed by atoms with Crippen molar-refractivity contribution in [2.75, 3.05) is 23.6 Å². The Morgan fingerprint density at radius 3 is 2.63 bits per heavy atom. The second-order valence-electron chi connectivity index (χ2n) is 6.52. The summed E-state index contributed by atoms with van der Waals surface area (Å²) in [5, 5.41) is 1.89. The van der Waals surface area contributed by atoms with Gasteiger partial charge in [0.25, 0.3) is 11.8 Å².